The van der Waals surface area contributed by atoms with Gasteiger partial charge >= 0.3 is 0 Å². The van der Waals surface area contributed by atoms with E-state index in [1.54, 1.807) is 6.92 Å². The number of nitrogens with zero attached hydrogens (tertiary/aromatic N) is 2. The second-order valence-corrected chi connectivity index (χ2v) is 8.00. The van der Waals surface area contributed by atoms with Crippen LogP contribution < -0.4 is 14.8 Å². The average molecular weight is 394 g/mol. The lowest BCUT2D eigenvalue weighted by molar-refractivity contribution is -0.114. The van der Waals surface area contributed by atoms with Crippen molar-refractivity contribution in [3.8, 4) is 5.75 Å². The molecule has 0 fully saturated rings. The molecule has 1 atom stereocenters. The second-order valence-electron chi connectivity index (χ2n) is 6.29. The van der Waals surface area contributed by atoms with Gasteiger partial charge < -0.3 is 10.1 Å². The molecule has 0 aliphatic rings. The highest BCUT2D eigenvalue weighted by Crippen LogP contribution is 2.29. The first kappa shape index (κ1) is 20.9. The largest absolute Gasteiger partial charge is 0.495 e. The Morgan fingerprint density at radius 1 is 1.33 bits per heavy atom. The van der Waals surface area contributed by atoms with Gasteiger partial charge in [-0.1, -0.05) is 0 Å². The van der Waals surface area contributed by atoms with E-state index in [1.165, 1.54) is 32.2 Å². The lowest BCUT2D eigenvalue weighted by Crippen LogP contribution is -2.27. The Balaban J connectivity index is 2.36. The van der Waals surface area contributed by atoms with Crippen LogP contribution in [0.4, 0.5) is 5.69 Å². The van der Waals surface area contributed by atoms with Crippen molar-refractivity contribution in [3.05, 3.63) is 35.2 Å². The number of aryl methyl sites for hydroxylation is 2. The first-order chi connectivity index (χ1) is 12.6. The van der Waals surface area contributed by atoms with E-state index in [2.05, 4.69) is 15.1 Å². The SMILES string of the molecule is CCn1nc(C)c([C@@H](C)NS(=O)(=O)c2ccc(OC)c(NC(C)=O)c2)c1C. The number of hydrogen-bond donors (Lipinski definition) is 2. The van der Waals surface area contributed by atoms with Crippen molar-refractivity contribution in [2.75, 3.05) is 12.4 Å². The van der Waals surface area contributed by atoms with Gasteiger partial charge in [-0.05, 0) is 45.9 Å². The van der Waals surface area contributed by atoms with Gasteiger partial charge in [0.1, 0.15) is 5.75 Å². The van der Waals surface area contributed by atoms with Crippen molar-refractivity contribution in [2.45, 2.75) is 52.1 Å². The van der Waals surface area contributed by atoms with Crippen LogP contribution in [0.2, 0.25) is 0 Å². The number of carbonyl (C=O) groups excluding carboxylic acids is 1. The maximum absolute atomic E-state index is 12.9. The van der Waals surface area contributed by atoms with Crippen LogP contribution in [-0.4, -0.2) is 31.2 Å². The zero-order valence-electron chi connectivity index (χ0n) is 16.5. The molecule has 0 spiro atoms. The average Bonchev–Trinajstić information content (AvgIpc) is 2.87. The summed E-state index contributed by atoms with van der Waals surface area (Å²) in [6.45, 7) is 9.61. The van der Waals surface area contributed by atoms with Crippen molar-refractivity contribution < 1.29 is 17.9 Å². The molecule has 1 aromatic heterocycles. The second kappa shape index (κ2) is 8.10. The van der Waals surface area contributed by atoms with Gasteiger partial charge in [0.05, 0.1) is 23.4 Å². The fourth-order valence-electron chi connectivity index (χ4n) is 3.15. The minimum atomic E-state index is -3.82. The predicted octanol–water partition coefficient (Wildman–Crippen LogP) is 2.53. The van der Waals surface area contributed by atoms with Gasteiger partial charge in [0.15, 0.2) is 0 Å². The van der Waals surface area contributed by atoms with Crippen LogP contribution in [0, 0.1) is 13.8 Å². The Hall–Kier alpha value is -2.39. The molecule has 148 valence electrons. The van der Waals surface area contributed by atoms with Gasteiger partial charge in [-0.3, -0.25) is 9.48 Å². The molecule has 27 heavy (non-hydrogen) atoms. The highest BCUT2D eigenvalue weighted by atomic mass is 32.2. The summed E-state index contributed by atoms with van der Waals surface area (Å²) in [4.78, 5) is 11.4. The van der Waals surface area contributed by atoms with E-state index in [9.17, 15) is 13.2 Å². The summed E-state index contributed by atoms with van der Waals surface area (Å²) in [6.07, 6.45) is 0. The number of benzene rings is 1. The Morgan fingerprint density at radius 2 is 2.00 bits per heavy atom. The molecule has 1 amide bonds. The molecule has 0 unspecified atom stereocenters. The van der Waals surface area contributed by atoms with Crippen molar-refractivity contribution >= 4 is 21.6 Å². The van der Waals surface area contributed by atoms with Gasteiger partial charge in [-0.2, -0.15) is 5.10 Å². The van der Waals surface area contributed by atoms with Crippen molar-refractivity contribution in [2.24, 2.45) is 0 Å². The number of amides is 1. The van der Waals surface area contributed by atoms with Crippen LogP contribution in [0.1, 0.15) is 43.8 Å². The summed E-state index contributed by atoms with van der Waals surface area (Å²) in [5, 5.41) is 7.02. The Kier molecular flexibility index (Phi) is 6.27. The summed E-state index contributed by atoms with van der Waals surface area (Å²) in [5.74, 6) is 0.0653. The lowest BCUT2D eigenvalue weighted by Gasteiger charge is -2.17. The third-order valence-corrected chi connectivity index (χ3v) is 5.83. The van der Waals surface area contributed by atoms with E-state index in [4.69, 9.17) is 4.74 Å². The van der Waals surface area contributed by atoms with E-state index in [0.717, 1.165) is 17.0 Å². The number of aromatic nitrogens is 2. The van der Waals surface area contributed by atoms with Crippen LogP contribution in [0.5, 0.6) is 5.75 Å². The molecule has 0 saturated heterocycles. The molecule has 1 aromatic carbocycles. The number of methoxy groups -OCH3 is 1. The first-order valence-corrected chi connectivity index (χ1v) is 10.1. The summed E-state index contributed by atoms with van der Waals surface area (Å²) in [7, 11) is -2.37. The summed E-state index contributed by atoms with van der Waals surface area (Å²) >= 11 is 0. The third kappa shape index (κ3) is 4.48. The van der Waals surface area contributed by atoms with E-state index >= 15 is 0 Å². The number of nitrogens with one attached hydrogen (secondary N) is 2. The van der Waals surface area contributed by atoms with Crippen LogP contribution in [0.15, 0.2) is 23.1 Å². The smallest absolute Gasteiger partial charge is 0.241 e. The lowest BCUT2D eigenvalue weighted by atomic mass is 10.1. The van der Waals surface area contributed by atoms with Crippen LogP contribution in [-0.2, 0) is 21.4 Å². The molecule has 2 rings (SSSR count). The van der Waals surface area contributed by atoms with Crippen molar-refractivity contribution in [1.82, 2.24) is 14.5 Å². The molecule has 0 radical (unpaired) electrons. The Bertz CT molecular complexity index is 951. The standard InChI is InChI=1S/C18H26N4O4S/c1-7-22-13(4)18(11(2)20-22)12(3)21-27(24,25)15-8-9-17(26-6)16(10-15)19-14(5)23/h8-10,12,21H,7H2,1-6H3,(H,19,23)/t12-/m1/s1. The monoisotopic (exact) mass is 394 g/mol. The van der Waals surface area contributed by atoms with E-state index in [0.29, 0.717) is 18.0 Å². The number of anilines is 1. The summed E-state index contributed by atoms with van der Waals surface area (Å²) in [6, 6.07) is 3.87. The topological polar surface area (TPSA) is 102 Å². The number of rotatable bonds is 7. The zero-order chi connectivity index (χ0) is 20.4. The van der Waals surface area contributed by atoms with Crippen LogP contribution in [0.25, 0.3) is 0 Å². The molecule has 9 heteroatoms. The van der Waals surface area contributed by atoms with Crippen LogP contribution in [0.3, 0.4) is 0 Å². The molecule has 0 bridgehead atoms. The molecule has 2 N–H and O–H groups in total. The molecule has 0 saturated carbocycles. The third-order valence-electron chi connectivity index (χ3n) is 4.29. The van der Waals surface area contributed by atoms with E-state index < -0.39 is 16.1 Å². The maximum atomic E-state index is 12.9. The Labute approximate surface area is 160 Å². The predicted molar refractivity (Wildman–Crippen MR) is 103 cm³/mol. The highest BCUT2D eigenvalue weighted by Gasteiger charge is 2.24. The van der Waals surface area contributed by atoms with Crippen molar-refractivity contribution in [3.63, 3.8) is 0 Å². The summed E-state index contributed by atoms with van der Waals surface area (Å²) in [5.41, 5.74) is 2.87. The molecule has 0 aliphatic carbocycles. The first-order valence-electron chi connectivity index (χ1n) is 8.62. The van der Waals surface area contributed by atoms with E-state index in [1.807, 2.05) is 25.5 Å². The van der Waals surface area contributed by atoms with Gasteiger partial charge in [-0.15, -0.1) is 0 Å². The normalized spacial score (nSPS) is 12.7. The number of carbonyl (C=O) groups is 1. The number of ether oxygens (including phenoxy) is 1. The molecular weight excluding hydrogens is 368 g/mol. The minimum Gasteiger partial charge on any atom is -0.495 e. The number of sulfonamides is 1. The minimum absolute atomic E-state index is 0.0390. The molecular formula is C18H26N4O4S. The van der Waals surface area contributed by atoms with Gasteiger partial charge in [0.25, 0.3) is 0 Å². The fourth-order valence-corrected chi connectivity index (χ4v) is 4.39. The van der Waals surface area contributed by atoms with Crippen molar-refractivity contribution in [1.29, 1.82) is 0 Å². The maximum Gasteiger partial charge on any atom is 0.241 e. The van der Waals surface area contributed by atoms with Gasteiger partial charge in [0, 0.05) is 30.8 Å². The quantitative estimate of drug-likeness (QED) is 0.751. The Morgan fingerprint density at radius 3 is 2.52 bits per heavy atom. The molecule has 1 heterocycles. The molecule has 2 aromatic rings. The molecule has 0 aliphatic heterocycles. The summed E-state index contributed by atoms with van der Waals surface area (Å²) < 4.78 is 35.4. The fraction of sp³-hybridized carbons (Fsp3) is 0.444. The van der Waals surface area contributed by atoms with E-state index in [-0.39, 0.29) is 10.8 Å². The van der Waals surface area contributed by atoms with Crippen LogP contribution >= 0.6 is 0 Å². The highest BCUT2D eigenvalue weighted by molar-refractivity contribution is 7.89. The van der Waals surface area contributed by atoms with Gasteiger partial charge in [-0.25, -0.2) is 13.1 Å². The molecule has 8 nitrogen and oxygen atoms in total. The number of hydrogen-bond acceptors (Lipinski definition) is 5. The zero-order valence-corrected chi connectivity index (χ0v) is 17.3. The van der Waals surface area contributed by atoms with Gasteiger partial charge in [0.2, 0.25) is 15.9 Å².